The molecule has 1 atom stereocenters. The largest absolute Gasteiger partial charge is 0.350 e. The van der Waals surface area contributed by atoms with Crippen molar-refractivity contribution < 1.29 is 9.59 Å². The summed E-state index contributed by atoms with van der Waals surface area (Å²) in [7, 11) is 0. The molecule has 2 aromatic rings. The molecule has 0 bridgehead atoms. The van der Waals surface area contributed by atoms with Crippen LogP contribution >= 0.6 is 15.9 Å². The highest BCUT2D eigenvalue weighted by Crippen LogP contribution is 2.20. The van der Waals surface area contributed by atoms with Crippen LogP contribution in [-0.2, 0) is 0 Å². The number of carbonyl (C=O) groups is 2. The fraction of sp³-hybridized carbons (Fsp3) is 0.222. The molecule has 0 saturated heterocycles. The van der Waals surface area contributed by atoms with Gasteiger partial charge in [0.1, 0.15) is 0 Å². The van der Waals surface area contributed by atoms with Crippen molar-refractivity contribution in [3.8, 4) is 0 Å². The first-order valence-corrected chi connectivity index (χ1v) is 8.28. The standard InChI is InChI=1S/C18H19BrN2O2/c1-3-12(2)20-18(23)14-9-5-7-11-16(14)21-17(22)13-8-4-6-10-15(13)19/h4-12H,3H2,1-2H3,(H,20,23)(H,21,22)/t12-/m0/s1. The van der Waals surface area contributed by atoms with Crippen molar-refractivity contribution in [1.82, 2.24) is 5.32 Å². The molecule has 2 aromatic carbocycles. The Balaban J connectivity index is 2.22. The van der Waals surface area contributed by atoms with Crippen LogP contribution in [0, 0.1) is 0 Å². The van der Waals surface area contributed by atoms with Gasteiger partial charge in [0.15, 0.2) is 0 Å². The number of hydrogen-bond acceptors (Lipinski definition) is 2. The Labute approximate surface area is 144 Å². The van der Waals surface area contributed by atoms with Crippen LogP contribution in [0.2, 0.25) is 0 Å². The van der Waals surface area contributed by atoms with Gasteiger partial charge >= 0.3 is 0 Å². The summed E-state index contributed by atoms with van der Waals surface area (Å²) in [5, 5.41) is 5.72. The molecule has 2 N–H and O–H groups in total. The second-order valence-electron chi connectivity index (χ2n) is 5.26. The van der Waals surface area contributed by atoms with E-state index >= 15 is 0 Å². The zero-order valence-electron chi connectivity index (χ0n) is 13.1. The monoisotopic (exact) mass is 374 g/mol. The molecule has 5 heteroatoms. The zero-order valence-corrected chi connectivity index (χ0v) is 14.7. The topological polar surface area (TPSA) is 58.2 Å². The van der Waals surface area contributed by atoms with E-state index in [4.69, 9.17) is 0 Å². The minimum Gasteiger partial charge on any atom is -0.350 e. The highest BCUT2D eigenvalue weighted by Gasteiger charge is 2.16. The van der Waals surface area contributed by atoms with Crippen LogP contribution in [0.5, 0.6) is 0 Å². The smallest absolute Gasteiger partial charge is 0.256 e. The molecule has 0 fully saturated rings. The van der Waals surface area contributed by atoms with Crippen LogP contribution in [0.1, 0.15) is 41.0 Å². The van der Waals surface area contributed by atoms with Gasteiger partial charge in [0.05, 0.1) is 16.8 Å². The number of anilines is 1. The van der Waals surface area contributed by atoms with E-state index in [0.29, 0.717) is 21.3 Å². The predicted molar refractivity (Wildman–Crippen MR) is 95.8 cm³/mol. The maximum Gasteiger partial charge on any atom is 0.256 e. The summed E-state index contributed by atoms with van der Waals surface area (Å²) < 4.78 is 0.707. The Kier molecular flexibility index (Phi) is 5.93. The second kappa shape index (κ2) is 7.92. The summed E-state index contributed by atoms with van der Waals surface area (Å²) >= 11 is 3.36. The lowest BCUT2D eigenvalue weighted by atomic mass is 10.1. The highest BCUT2D eigenvalue weighted by atomic mass is 79.9. The maximum atomic E-state index is 12.4. The van der Waals surface area contributed by atoms with E-state index in [2.05, 4.69) is 26.6 Å². The first kappa shape index (κ1) is 17.2. The van der Waals surface area contributed by atoms with Gasteiger partial charge in [-0.15, -0.1) is 0 Å². The van der Waals surface area contributed by atoms with Crippen molar-refractivity contribution in [3.63, 3.8) is 0 Å². The van der Waals surface area contributed by atoms with Gasteiger partial charge < -0.3 is 10.6 Å². The molecular formula is C18H19BrN2O2. The van der Waals surface area contributed by atoms with E-state index in [9.17, 15) is 9.59 Å². The van der Waals surface area contributed by atoms with Gasteiger partial charge in [0.25, 0.3) is 11.8 Å². The van der Waals surface area contributed by atoms with Gasteiger partial charge in [-0.2, -0.15) is 0 Å². The third-order valence-corrected chi connectivity index (χ3v) is 4.22. The molecule has 0 aliphatic rings. The SMILES string of the molecule is CC[C@H](C)NC(=O)c1ccccc1NC(=O)c1ccccc1Br. The quantitative estimate of drug-likeness (QED) is 0.822. The van der Waals surface area contributed by atoms with E-state index in [1.165, 1.54) is 0 Å². The molecule has 0 unspecified atom stereocenters. The van der Waals surface area contributed by atoms with Crippen molar-refractivity contribution in [2.24, 2.45) is 0 Å². The number of para-hydroxylation sites is 1. The average Bonchev–Trinajstić information content (AvgIpc) is 2.55. The molecule has 0 aromatic heterocycles. The van der Waals surface area contributed by atoms with Crippen LogP contribution < -0.4 is 10.6 Å². The number of nitrogens with one attached hydrogen (secondary N) is 2. The Bertz CT molecular complexity index is 716. The normalized spacial score (nSPS) is 11.6. The van der Waals surface area contributed by atoms with Gasteiger partial charge in [0, 0.05) is 10.5 Å². The second-order valence-corrected chi connectivity index (χ2v) is 6.12. The van der Waals surface area contributed by atoms with Crippen LogP contribution in [-0.4, -0.2) is 17.9 Å². The Morgan fingerprint density at radius 1 is 1.00 bits per heavy atom. The number of carbonyl (C=O) groups excluding carboxylic acids is 2. The van der Waals surface area contributed by atoms with Crippen molar-refractivity contribution in [1.29, 1.82) is 0 Å². The van der Waals surface area contributed by atoms with Crippen LogP contribution in [0.3, 0.4) is 0 Å². The Hall–Kier alpha value is -2.14. The summed E-state index contributed by atoms with van der Waals surface area (Å²) in [5.41, 5.74) is 1.46. The summed E-state index contributed by atoms with van der Waals surface area (Å²) in [4.78, 5) is 24.8. The number of benzene rings is 2. The third kappa shape index (κ3) is 4.42. The van der Waals surface area contributed by atoms with Crippen molar-refractivity contribution in [3.05, 3.63) is 64.1 Å². The van der Waals surface area contributed by atoms with E-state index in [1.54, 1.807) is 42.5 Å². The molecule has 4 nitrogen and oxygen atoms in total. The number of halogens is 1. The van der Waals surface area contributed by atoms with Crippen LogP contribution in [0.4, 0.5) is 5.69 Å². The van der Waals surface area contributed by atoms with Gasteiger partial charge in [-0.1, -0.05) is 31.2 Å². The molecule has 0 heterocycles. The molecule has 0 saturated carbocycles. The molecule has 0 aliphatic heterocycles. The molecular weight excluding hydrogens is 356 g/mol. The Morgan fingerprint density at radius 2 is 1.61 bits per heavy atom. The fourth-order valence-corrected chi connectivity index (χ4v) is 2.49. The van der Waals surface area contributed by atoms with E-state index < -0.39 is 0 Å². The molecule has 0 aliphatic carbocycles. The first-order valence-electron chi connectivity index (χ1n) is 7.48. The lowest BCUT2D eigenvalue weighted by molar-refractivity contribution is 0.0940. The minimum atomic E-state index is -0.263. The number of amides is 2. The summed E-state index contributed by atoms with van der Waals surface area (Å²) in [6.07, 6.45) is 0.844. The van der Waals surface area contributed by atoms with Crippen molar-refractivity contribution in [2.75, 3.05) is 5.32 Å². The lowest BCUT2D eigenvalue weighted by Gasteiger charge is -2.15. The molecule has 0 radical (unpaired) electrons. The molecule has 2 amide bonds. The summed E-state index contributed by atoms with van der Waals surface area (Å²) in [6, 6.07) is 14.2. The van der Waals surface area contributed by atoms with Gasteiger partial charge in [-0.25, -0.2) is 0 Å². The van der Waals surface area contributed by atoms with Crippen LogP contribution in [0.25, 0.3) is 0 Å². The van der Waals surface area contributed by atoms with Gasteiger partial charge in [-0.3, -0.25) is 9.59 Å². The summed E-state index contributed by atoms with van der Waals surface area (Å²) in [5.74, 6) is -0.455. The third-order valence-electron chi connectivity index (χ3n) is 3.53. The summed E-state index contributed by atoms with van der Waals surface area (Å²) in [6.45, 7) is 3.95. The molecule has 2 rings (SSSR count). The molecule has 120 valence electrons. The molecule has 23 heavy (non-hydrogen) atoms. The lowest BCUT2D eigenvalue weighted by Crippen LogP contribution is -2.32. The van der Waals surface area contributed by atoms with Crippen molar-refractivity contribution >= 4 is 33.4 Å². The zero-order chi connectivity index (χ0) is 16.8. The average molecular weight is 375 g/mol. The predicted octanol–water partition coefficient (Wildman–Crippen LogP) is 4.23. The number of rotatable bonds is 5. The van der Waals surface area contributed by atoms with E-state index in [-0.39, 0.29) is 17.9 Å². The van der Waals surface area contributed by atoms with Crippen LogP contribution in [0.15, 0.2) is 53.0 Å². The first-order chi connectivity index (χ1) is 11.0. The fourth-order valence-electron chi connectivity index (χ4n) is 2.03. The maximum absolute atomic E-state index is 12.4. The number of hydrogen-bond donors (Lipinski definition) is 2. The van der Waals surface area contributed by atoms with Gasteiger partial charge in [0.2, 0.25) is 0 Å². The minimum absolute atomic E-state index is 0.0783. The Morgan fingerprint density at radius 3 is 2.26 bits per heavy atom. The molecule has 0 spiro atoms. The van der Waals surface area contributed by atoms with E-state index in [0.717, 1.165) is 6.42 Å². The highest BCUT2D eigenvalue weighted by molar-refractivity contribution is 9.10. The van der Waals surface area contributed by atoms with Crippen molar-refractivity contribution in [2.45, 2.75) is 26.3 Å². The van der Waals surface area contributed by atoms with E-state index in [1.807, 2.05) is 19.9 Å². The van der Waals surface area contributed by atoms with Gasteiger partial charge in [-0.05, 0) is 53.5 Å².